The largest absolute Gasteiger partial charge is 0.308 e. The molecule has 0 N–H and O–H groups in total. The summed E-state index contributed by atoms with van der Waals surface area (Å²) in [4.78, 5) is 4.08. The molecule has 0 aromatic heterocycles. The van der Waals surface area contributed by atoms with E-state index in [1.54, 1.807) is 0 Å². The van der Waals surface area contributed by atoms with Crippen LogP contribution in [0, 0.1) is 11.5 Å². The fourth-order valence-corrected chi connectivity index (χ4v) is 1.14. The molecule has 14 heavy (non-hydrogen) atoms. The van der Waals surface area contributed by atoms with Crippen LogP contribution in [0.3, 0.4) is 0 Å². The van der Waals surface area contributed by atoms with Crippen molar-refractivity contribution in [2.75, 3.05) is 26.7 Å². The molecule has 0 bridgehead atoms. The van der Waals surface area contributed by atoms with Crippen LogP contribution in [0.2, 0.25) is 0 Å². The van der Waals surface area contributed by atoms with Gasteiger partial charge in [-0.3, -0.25) is 0 Å². The van der Waals surface area contributed by atoms with Crippen molar-refractivity contribution in [1.29, 1.82) is 5.26 Å². The first kappa shape index (κ1) is 15.7. The second-order valence-corrected chi connectivity index (χ2v) is 2.88. The van der Waals surface area contributed by atoms with Crippen LogP contribution >= 0.6 is 0 Å². The number of piperazine rings is 1. The average molecular weight is 199 g/mol. The highest BCUT2D eigenvalue weighted by atomic mass is 15.3. The van der Waals surface area contributed by atoms with E-state index in [9.17, 15) is 0 Å². The van der Waals surface area contributed by atoms with Crippen LogP contribution in [0.25, 0.3) is 0 Å². The van der Waals surface area contributed by atoms with Gasteiger partial charge in [-0.2, -0.15) is 5.26 Å². The highest BCUT2D eigenvalue weighted by molar-refractivity contribution is 4.83. The molecule has 3 heteroatoms. The Kier molecular flexibility index (Phi) is 11.6. The van der Waals surface area contributed by atoms with E-state index in [0.717, 1.165) is 19.6 Å². The lowest BCUT2D eigenvalue weighted by atomic mass is 10.2. The molecule has 0 aromatic rings. The number of hydrogen-bond acceptors (Lipinski definition) is 3. The molecule has 1 aliphatic rings. The predicted molar refractivity (Wildman–Crippen MR) is 62.0 cm³/mol. The Hall–Kier alpha value is -0.750. The van der Waals surface area contributed by atoms with E-state index in [1.165, 1.54) is 0 Å². The van der Waals surface area contributed by atoms with Gasteiger partial charge in [-0.15, -0.1) is 0 Å². The van der Waals surface area contributed by atoms with Gasteiger partial charge in [0.2, 0.25) is 0 Å². The SMILES string of the molecule is CC.CC.CC1CN(C#N)CCN1C. The molecule has 1 rings (SSSR count). The lowest BCUT2D eigenvalue weighted by Crippen LogP contribution is -2.48. The smallest absolute Gasteiger partial charge is 0.179 e. The molecule has 1 fully saturated rings. The Labute approximate surface area is 89.3 Å². The van der Waals surface area contributed by atoms with Crippen LogP contribution in [-0.4, -0.2) is 42.5 Å². The third kappa shape index (κ3) is 5.82. The third-order valence-electron chi connectivity index (χ3n) is 2.10. The number of hydrogen-bond donors (Lipinski definition) is 0. The summed E-state index contributed by atoms with van der Waals surface area (Å²) in [7, 11) is 2.10. The zero-order valence-corrected chi connectivity index (χ0v) is 10.5. The fourth-order valence-electron chi connectivity index (χ4n) is 1.14. The van der Waals surface area contributed by atoms with Crippen molar-refractivity contribution in [2.45, 2.75) is 40.7 Å². The highest BCUT2D eigenvalue weighted by Crippen LogP contribution is 2.04. The predicted octanol–water partition coefficient (Wildman–Crippen LogP) is 2.16. The Bertz CT molecular complexity index is 151. The Morgan fingerprint density at radius 1 is 1.14 bits per heavy atom. The van der Waals surface area contributed by atoms with Crippen molar-refractivity contribution in [1.82, 2.24) is 9.80 Å². The molecule has 1 heterocycles. The second kappa shape index (κ2) is 10.3. The molecule has 0 radical (unpaired) electrons. The summed E-state index contributed by atoms with van der Waals surface area (Å²) in [6, 6.07) is 0.522. The van der Waals surface area contributed by atoms with Crippen molar-refractivity contribution >= 4 is 0 Å². The van der Waals surface area contributed by atoms with E-state index >= 15 is 0 Å². The summed E-state index contributed by atoms with van der Waals surface area (Å²) in [5.41, 5.74) is 0. The lowest BCUT2D eigenvalue weighted by Gasteiger charge is -2.34. The summed E-state index contributed by atoms with van der Waals surface area (Å²) in [6.45, 7) is 12.9. The molecule has 1 saturated heterocycles. The lowest BCUT2D eigenvalue weighted by molar-refractivity contribution is 0.145. The molecule has 3 nitrogen and oxygen atoms in total. The summed E-state index contributed by atoms with van der Waals surface area (Å²) in [6.07, 6.45) is 2.16. The third-order valence-corrected chi connectivity index (χ3v) is 2.10. The maximum absolute atomic E-state index is 8.55. The zero-order chi connectivity index (χ0) is 11.6. The summed E-state index contributed by atoms with van der Waals surface area (Å²) >= 11 is 0. The van der Waals surface area contributed by atoms with Gasteiger partial charge in [0.1, 0.15) is 0 Å². The van der Waals surface area contributed by atoms with E-state index < -0.39 is 0 Å². The Morgan fingerprint density at radius 2 is 1.64 bits per heavy atom. The molecule has 0 amide bonds. The van der Waals surface area contributed by atoms with Crippen molar-refractivity contribution < 1.29 is 0 Å². The second-order valence-electron chi connectivity index (χ2n) is 2.88. The highest BCUT2D eigenvalue weighted by Gasteiger charge is 2.18. The number of rotatable bonds is 0. The van der Waals surface area contributed by atoms with E-state index in [0.29, 0.717) is 6.04 Å². The van der Waals surface area contributed by atoms with Gasteiger partial charge in [0, 0.05) is 25.7 Å². The van der Waals surface area contributed by atoms with Crippen LogP contribution in [-0.2, 0) is 0 Å². The maximum atomic E-state index is 8.55. The number of nitrogens with zero attached hydrogens (tertiary/aromatic N) is 3. The molecule has 0 saturated carbocycles. The molecular formula is C11H25N3. The molecule has 0 aromatic carbocycles. The molecule has 0 spiro atoms. The summed E-state index contributed by atoms with van der Waals surface area (Å²) in [5.74, 6) is 0. The molecule has 1 aliphatic heterocycles. The maximum Gasteiger partial charge on any atom is 0.179 e. The normalized spacial score (nSPS) is 20.9. The van der Waals surface area contributed by atoms with Gasteiger partial charge in [-0.25, -0.2) is 0 Å². The molecule has 1 unspecified atom stereocenters. The average Bonchev–Trinajstić information content (AvgIpc) is 2.28. The van der Waals surface area contributed by atoms with E-state index in [1.807, 2.05) is 32.6 Å². The van der Waals surface area contributed by atoms with Crippen molar-refractivity contribution in [3.63, 3.8) is 0 Å². The van der Waals surface area contributed by atoms with Crippen LogP contribution in [0.4, 0.5) is 0 Å². The molecule has 0 aliphatic carbocycles. The first-order valence-corrected chi connectivity index (χ1v) is 5.59. The van der Waals surface area contributed by atoms with Gasteiger partial charge in [-0.05, 0) is 14.0 Å². The monoisotopic (exact) mass is 199 g/mol. The number of likely N-dealkylation sites (N-methyl/N-ethyl adjacent to an activating group) is 1. The van der Waals surface area contributed by atoms with Crippen molar-refractivity contribution in [2.24, 2.45) is 0 Å². The van der Waals surface area contributed by atoms with Crippen LogP contribution in [0.1, 0.15) is 34.6 Å². The standard InChI is InChI=1S/C7H13N3.2C2H6/c1-7-5-10(6-8)4-3-9(7)2;2*1-2/h7H,3-5H2,1-2H3;2*1-2H3. The van der Waals surface area contributed by atoms with Crippen molar-refractivity contribution in [3.8, 4) is 6.19 Å². The van der Waals surface area contributed by atoms with Gasteiger partial charge < -0.3 is 9.80 Å². The zero-order valence-electron chi connectivity index (χ0n) is 10.5. The van der Waals surface area contributed by atoms with Gasteiger partial charge in [0.25, 0.3) is 0 Å². The van der Waals surface area contributed by atoms with Gasteiger partial charge in [0.05, 0.1) is 0 Å². The first-order valence-electron chi connectivity index (χ1n) is 5.59. The van der Waals surface area contributed by atoms with Crippen LogP contribution < -0.4 is 0 Å². The van der Waals surface area contributed by atoms with Crippen molar-refractivity contribution in [3.05, 3.63) is 0 Å². The minimum absolute atomic E-state index is 0.522. The van der Waals surface area contributed by atoms with Crippen LogP contribution in [0.5, 0.6) is 0 Å². The topological polar surface area (TPSA) is 30.3 Å². The number of nitriles is 1. The van der Waals surface area contributed by atoms with Gasteiger partial charge >= 0.3 is 0 Å². The van der Waals surface area contributed by atoms with Crippen LogP contribution in [0.15, 0.2) is 0 Å². The molecular weight excluding hydrogens is 174 g/mol. The molecule has 1 atom stereocenters. The Balaban J connectivity index is 0. The minimum Gasteiger partial charge on any atom is -0.308 e. The quantitative estimate of drug-likeness (QED) is 0.560. The van der Waals surface area contributed by atoms with Gasteiger partial charge in [-0.1, -0.05) is 27.7 Å². The Morgan fingerprint density at radius 3 is 2.00 bits per heavy atom. The first-order chi connectivity index (χ1) is 6.74. The summed E-state index contributed by atoms with van der Waals surface area (Å²) < 4.78 is 0. The fraction of sp³-hybridized carbons (Fsp3) is 0.909. The van der Waals surface area contributed by atoms with Gasteiger partial charge in [0.15, 0.2) is 6.19 Å². The molecule has 84 valence electrons. The summed E-state index contributed by atoms with van der Waals surface area (Å²) in [5, 5.41) is 8.55. The van der Waals surface area contributed by atoms with E-state index in [2.05, 4.69) is 25.1 Å². The minimum atomic E-state index is 0.522. The van der Waals surface area contributed by atoms with E-state index in [4.69, 9.17) is 5.26 Å². The van der Waals surface area contributed by atoms with E-state index in [-0.39, 0.29) is 0 Å².